The van der Waals surface area contributed by atoms with Gasteiger partial charge in [-0.2, -0.15) is 0 Å². The molecule has 4 nitrogen and oxygen atoms in total. The minimum Gasteiger partial charge on any atom is -0.394 e. The van der Waals surface area contributed by atoms with Gasteiger partial charge in [0.25, 0.3) is 0 Å². The third-order valence-corrected chi connectivity index (χ3v) is 1.89. The van der Waals surface area contributed by atoms with Gasteiger partial charge < -0.3 is 19.3 Å². The lowest BCUT2D eigenvalue weighted by Gasteiger charge is -2.08. The average molecular weight is 176 g/mol. The smallest absolute Gasteiger partial charge is 0.0835 e. The fourth-order valence-corrected chi connectivity index (χ4v) is 1.21. The van der Waals surface area contributed by atoms with Gasteiger partial charge in [0.05, 0.1) is 38.6 Å². The van der Waals surface area contributed by atoms with Crippen LogP contribution in [0.15, 0.2) is 0 Å². The Morgan fingerprint density at radius 2 is 2.33 bits per heavy atom. The van der Waals surface area contributed by atoms with Crippen LogP contribution >= 0.6 is 0 Å². The van der Waals surface area contributed by atoms with Crippen molar-refractivity contribution in [2.45, 2.75) is 18.6 Å². The van der Waals surface area contributed by atoms with Crippen LogP contribution in [0.25, 0.3) is 0 Å². The van der Waals surface area contributed by atoms with Crippen LogP contribution in [0.3, 0.4) is 0 Å². The fourth-order valence-electron chi connectivity index (χ4n) is 1.21. The molecule has 1 N–H and O–H groups in total. The van der Waals surface area contributed by atoms with Crippen molar-refractivity contribution < 1.29 is 19.3 Å². The zero-order valence-electron chi connectivity index (χ0n) is 7.36. The summed E-state index contributed by atoms with van der Waals surface area (Å²) in [6.45, 7) is 1.89. The van der Waals surface area contributed by atoms with E-state index in [9.17, 15) is 0 Å². The van der Waals surface area contributed by atoms with E-state index in [-0.39, 0.29) is 18.8 Å². The molecule has 0 aromatic carbocycles. The third-order valence-electron chi connectivity index (χ3n) is 1.89. The molecule has 1 fully saturated rings. The number of hydrogen-bond donors (Lipinski definition) is 1. The molecule has 1 rings (SSSR count). The standard InChI is InChI=1S/C8H16O4/c1-10-2-3-11-8-4-7(5-9)12-6-8/h7-9H,2-6H2,1H3. The normalized spacial score (nSPS) is 29.5. The predicted molar refractivity (Wildman–Crippen MR) is 43.1 cm³/mol. The molecule has 0 radical (unpaired) electrons. The van der Waals surface area contributed by atoms with Crippen molar-refractivity contribution in [2.75, 3.05) is 33.5 Å². The average Bonchev–Trinajstić information content (AvgIpc) is 2.53. The monoisotopic (exact) mass is 176 g/mol. The maximum Gasteiger partial charge on any atom is 0.0835 e. The van der Waals surface area contributed by atoms with Crippen molar-refractivity contribution in [2.24, 2.45) is 0 Å². The number of methoxy groups -OCH3 is 1. The van der Waals surface area contributed by atoms with Gasteiger partial charge in [-0.15, -0.1) is 0 Å². The Labute approximate surface area is 72.4 Å². The van der Waals surface area contributed by atoms with Gasteiger partial charge in [-0.1, -0.05) is 0 Å². The number of aliphatic hydroxyl groups excluding tert-OH is 1. The molecule has 2 atom stereocenters. The minimum atomic E-state index is -0.0301. The van der Waals surface area contributed by atoms with Crippen molar-refractivity contribution in [1.29, 1.82) is 0 Å². The van der Waals surface area contributed by atoms with E-state index in [1.165, 1.54) is 0 Å². The van der Waals surface area contributed by atoms with E-state index in [4.69, 9.17) is 19.3 Å². The van der Waals surface area contributed by atoms with E-state index in [0.29, 0.717) is 19.8 Å². The zero-order valence-corrected chi connectivity index (χ0v) is 7.36. The first-order valence-corrected chi connectivity index (χ1v) is 4.19. The number of ether oxygens (including phenoxy) is 3. The first-order valence-electron chi connectivity index (χ1n) is 4.19. The highest BCUT2D eigenvalue weighted by Crippen LogP contribution is 2.15. The molecular formula is C8H16O4. The summed E-state index contributed by atoms with van der Waals surface area (Å²) < 4.78 is 15.5. The van der Waals surface area contributed by atoms with Gasteiger partial charge in [0.15, 0.2) is 0 Å². The van der Waals surface area contributed by atoms with Gasteiger partial charge in [-0.3, -0.25) is 0 Å². The summed E-state index contributed by atoms with van der Waals surface area (Å²) in [5.74, 6) is 0. The van der Waals surface area contributed by atoms with Crippen LogP contribution in [0.1, 0.15) is 6.42 Å². The summed E-state index contributed by atoms with van der Waals surface area (Å²) >= 11 is 0. The van der Waals surface area contributed by atoms with Crippen LogP contribution in [-0.4, -0.2) is 50.9 Å². The lowest BCUT2D eigenvalue weighted by Crippen LogP contribution is -2.16. The quantitative estimate of drug-likeness (QED) is 0.589. The SMILES string of the molecule is COCCOC1COC(CO)C1. The molecule has 1 heterocycles. The van der Waals surface area contributed by atoms with Crippen LogP contribution in [0.4, 0.5) is 0 Å². The molecule has 12 heavy (non-hydrogen) atoms. The maximum atomic E-state index is 8.75. The Balaban J connectivity index is 2.03. The highest BCUT2D eigenvalue weighted by molar-refractivity contribution is 4.72. The minimum absolute atomic E-state index is 0.0301. The Hall–Kier alpha value is -0.160. The van der Waals surface area contributed by atoms with Crippen molar-refractivity contribution in [1.82, 2.24) is 0 Å². The van der Waals surface area contributed by atoms with Crippen molar-refractivity contribution in [3.05, 3.63) is 0 Å². The molecule has 1 saturated heterocycles. The first-order chi connectivity index (χ1) is 5.86. The van der Waals surface area contributed by atoms with Gasteiger partial charge in [0.1, 0.15) is 0 Å². The Kier molecular flexibility index (Phi) is 4.53. The second-order valence-corrected chi connectivity index (χ2v) is 2.86. The summed E-state index contributed by atoms with van der Waals surface area (Å²) in [5.41, 5.74) is 0. The summed E-state index contributed by atoms with van der Waals surface area (Å²) in [4.78, 5) is 0. The van der Waals surface area contributed by atoms with E-state index in [0.717, 1.165) is 6.42 Å². The number of hydrogen-bond acceptors (Lipinski definition) is 4. The summed E-state index contributed by atoms with van der Waals surface area (Å²) in [5, 5.41) is 8.75. The maximum absolute atomic E-state index is 8.75. The summed E-state index contributed by atoms with van der Waals surface area (Å²) in [7, 11) is 1.64. The summed E-state index contributed by atoms with van der Waals surface area (Å²) in [6, 6.07) is 0. The highest BCUT2D eigenvalue weighted by Gasteiger charge is 2.24. The lowest BCUT2D eigenvalue weighted by atomic mass is 10.2. The lowest BCUT2D eigenvalue weighted by molar-refractivity contribution is 0.00772. The largest absolute Gasteiger partial charge is 0.394 e. The Bertz CT molecular complexity index is 118. The predicted octanol–water partition coefficient (Wildman–Crippen LogP) is -0.201. The molecule has 0 aromatic heterocycles. The van der Waals surface area contributed by atoms with Gasteiger partial charge in [-0.05, 0) is 0 Å². The third kappa shape index (κ3) is 3.06. The molecule has 0 aliphatic carbocycles. The molecule has 1 aliphatic heterocycles. The van der Waals surface area contributed by atoms with Gasteiger partial charge >= 0.3 is 0 Å². The van der Waals surface area contributed by atoms with E-state index < -0.39 is 0 Å². The molecular weight excluding hydrogens is 160 g/mol. The number of aliphatic hydroxyl groups is 1. The molecule has 0 aromatic rings. The topological polar surface area (TPSA) is 47.9 Å². The molecule has 1 aliphatic rings. The fraction of sp³-hybridized carbons (Fsp3) is 1.00. The van der Waals surface area contributed by atoms with Crippen LogP contribution < -0.4 is 0 Å². The molecule has 72 valence electrons. The van der Waals surface area contributed by atoms with E-state index in [2.05, 4.69) is 0 Å². The van der Waals surface area contributed by atoms with Crippen molar-refractivity contribution >= 4 is 0 Å². The second-order valence-electron chi connectivity index (χ2n) is 2.86. The van der Waals surface area contributed by atoms with Crippen molar-refractivity contribution in [3.63, 3.8) is 0 Å². The number of rotatable bonds is 5. The van der Waals surface area contributed by atoms with E-state index >= 15 is 0 Å². The van der Waals surface area contributed by atoms with Gasteiger partial charge in [-0.25, -0.2) is 0 Å². The van der Waals surface area contributed by atoms with Crippen LogP contribution in [0.5, 0.6) is 0 Å². The van der Waals surface area contributed by atoms with Gasteiger partial charge in [0, 0.05) is 13.5 Å². The summed E-state index contributed by atoms with van der Waals surface area (Å²) in [6.07, 6.45) is 0.898. The van der Waals surface area contributed by atoms with Crippen molar-refractivity contribution in [3.8, 4) is 0 Å². The first kappa shape index (κ1) is 9.92. The van der Waals surface area contributed by atoms with Crippen LogP contribution in [-0.2, 0) is 14.2 Å². The Morgan fingerprint density at radius 3 is 2.92 bits per heavy atom. The van der Waals surface area contributed by atoms with E-state index in [1.54, 1.807) is 7.11 Å². The molecule has 4 heteroatoms. The van der Waals surface area contributed by atoms with Crippen LogP contribution in [0.2, 0.25) is 0 Å². The molecule has 0 amide bonds. The molecule has 0 saturated carbocycles. The zero-order chi connectivity index (χ0) is 8.81. The Morgan fingerprint density at radius 1 is 1.50 bits per heavy atom. The van der Waals surface area contributed by atoms with Gasteiger partial charge in [0.2, 0.25) is 0 Å². The molecule has 0 bridgehead atoms. The highest BCUT2D eigenvalue weighted by atomic mass is 16.6. The second kappa shape index (κ2) is 5.48. The van der Waals surface area contributed by atoms with E-state index in [1.807, 2.05) is 0 Å². The molecule has 2 unspecified atom stereocenters. The van der Waals surface area contributed by atoms with Crippen LogP contribution in [0, 0.1) is 0 Å². The molecule has 0 spiro atoms.